The van der Waals surface area contributed by atoms with Crippen LogP contribution in [-0.4, -0.2) is 22.3 Å². The van der Waals surface area contributed by atoms with E-state index in [4.69, 9.17) is 0 Å². The minimum absolute atomic E-state index is 0.0766. The monoisotopic (exact) mass is 463 g/mol. The Kier molecular flexibility index (Phi) is 5.18. The van der Waals surface area contributed by atoms with Crippen LogP contribution in [0.2, 0.25) is 0 Å². The van der Waals surface area contributed by atoms with E-state index in [0.717, 1.165) is 36.8 Å². The zero-order valence-electron chi connectivity index (χ0n) is 21.8. The van der Waals surface area contributed by atoms with E-state index >= 15 is 0 Å². The second kappa shape index (κ2) is 7.45. The molecule has 0 saturated heterocycles. The molecule has 3 saturated carbocycles. The van der Waals surface area contributed by atoms with E-state index in [1.807, 2.05) is 13.8 Å². The van der Waals surface area contributed by atoms with Crippen molar-refractivity contribution in [2.45, 2.75) is 98.4 Å². The fourth-order valence-electron chi connectivity index (χ4n) is 8.58. The van der Waals surface area contributed by atoms with E-state index in [0.29, 0.717) is 29.2 Å². The first-order valence-electron chi connectivity index (χ1n) is 13.3. The second-order valence-corrected chi connectivity index (χ2v) is 12.9. The molecule has 0 bridgehead atoms. The van der Waals surface area contributed by atoms with Crippen molar-refractivity contribution in [3.63, 3.8) is 0 Å². The summed E-state index contributed by atoms with van der Waals surface area (Å²) in [6, 6.07) is 0. The molecule has 3 fully saturated rings. The Hall–Kier alpha value is -2.10. The topological polar surface area (TPSA) is 66.4 Å². The number of amides is 1. The van der Waals surface area contributed by atoms with Gasteiger partial charge in [0.2, 0.25) is 11.7 Å². The van der Waals surface area contributed by atoms with Crippen molar-refractivity contribution in [1.29, 1.82) is 0 Å². The number of fused-ring (bicyclic) bond motifs is 7. The first-order chi connectivity index (χ1) is 15.9. The number of aliphatic hydroxyl groups excluding tert-OH is 1. The average molecular weight is 464 g/mol. The van der Waals surface area contributed by atoms with Gasteiger partial charge >= 0.3 is 0 Å². The van der Waals surface area contributed by atoms with E-state index < -0.39 is 0 Å². The molecule has 0 radical (unpaired) electrons. The number of nitrogens with one attached hydrogen (secondary N) is 1. The molecule has 5 aliphatic carbocycles. The van der Waals surface area contributed by atoms with Crippen LogP contribution in [0.4, 0.5) is 0 Å². The molecule has 4 heteroatoms. The third-order valence-corrected chi connectivity index (χ3v) is 10.8. The highest BCUT2D eigenvalue weighted by Crippen LogP contribution is 2.70. The third-order valence-electron chi connectivity index (χ3n) is 10.8. The summed E-state index contributed by atoms with van der Waals surface area (Å²) >= 11 is 0. The largest absolute Gasteiger partial charge is 0.504 e. The molecular weight excluding hydrogens is 422 g/mol. The standard InChI is InChI=1S/C30H41NO3/c1-7-25(33)31-28(4)14-12-27(3)13-15-30(6)20(22(27)17-28)10-11-29(5)21-16-23(32)26(34)18(2)19(21)8-9-24(29)30/h8-9,16,20,22,34H,7,10-15,17H2,1-6H3,(H,31,33)/t20?,22-,27+,28+,29-,30-/m0/s1. The zero-order valence-corrected chi connectivity index (χ0v) is 21.8. The Labute approximate surface area is 204 Å². The van der Waals surface area contributed by atoms with Gasteiger partial charge in [-0.2, -0.15) is 0 Å². The number of aliphatic hydroxyl groups is 1. The van der Waals surface area contributed by atoms with Gasteiger partial charge in [0, 0.05) is 22.9 Å². The lowest BCUT2D eigenvalue weighted by Crippen LogP contribution is -2.60. The van der Waals surface area contributed by atoms with Gasteiger partial charge in [0.25, 0.3) is 0 Å². The number of allylic oxidation sites excluding steroid dienone is 7. The van der Waals surface area contributed by atoms with E-state index in [9.17, 15) is 14.7 Å². The van der Waals surface area contributed by atoms with Crippen molar-refractivity contribution >= 4 is 11.7 Å². The fourth-order valence-corrected chi connectivity index (χ4v) is 8.58. The van der Waals surface area contributed by atoms with E-state index in [2.05, 4.69) is 45.2 Å². The lowest BCUT2D eigenvalue weighted by molar-refractivity contribution is -0.127. The Morgan fingerprint density at radius 1 is 1.06 bits per heavy atom. The number of rotatable bonds is 2. The Balaban J connectivity index is 1.54. The van der Waals surface area contributed by atoms with Crippen LogP contribution in [0.5, 0.6) is 0 Å². The van der Waals surface area contributed by atoms with Crippen LogP contribution in [0.1, 0.15) is 92.9 Å². The lowest BCUT2D eigenvalue weighted by Gasteiger charge is -2.65. The molecule has 0 aromatic carbocycles. The van der Waals surface area contributed by atoms with Crippen molar-refractivity contribution < 1.29 is 14.7 Å². The summed E-state index contributed by atoms with van der Waals surface area (Å²) in [4.78, 5) is 24.9. The number of carbonyl (C=O) groups is 2. The molecule has 1 amide bonds. The van der Waals surface area contributed by atoms with Crippen LogP contribution in [0.3, 0.4) is 0 Å². The summed E-state index contributed by atoms with van der Waals surface area (Å²) in [5.41, 5.74) is 4.41. The summed E-state index contributed by atoms with van der Waals surface area (Å²) in [5, 5.41) is 13.7. The maximum absolute atomic E-state index is 12.6. The van der Waals surface area contributed by atoms with Crippen LogP contribution in [0, 0.1) is 28.1 Å². The third kappa shape index (κ3) is 3.16. The van der Waals surface area contributed by atoms with Crippen molar-refractivity contribution in [3.8, 4) is 0 Å². The molecule has 1 unspecified atom stereocenters. The Bertz CT molecular complexity index is 1090. The smallest absolute Gasteiger partial charge is 0.220 e. The maximum atomic E-state index is 12.6. The molecule has 184 valence electrons. The Morgan fingerprint density at radius 2 is 1.76 bits per heavy atom. The number of carbonyl (C=O) groups excluding carboxylic acids is 2. The number of hydrogen-bond acceptors (Lipinski definition) is 3. The predicted molar refractivity (Wildman–Crippen MR) is 135 cm³/mol. The molecule has 6 atom stereocenters. The van der Waals surface area contributed by atoms with E-state index in [-0.39, 0.29) is 33.8 Å². The van der Waals surface area contributed by atoms with Gasteiger partial charge in [-0.1, -0.05) is 45.4 Å². The molecule has 2 N–H and O–H groups in total. The molecule has 5 aliphatic rings. The normalized spacial score (nSPS) is 43.5. The van der Waals surface area contributed by atoms with Crippen LogP contribution in [0.15, 0.2) is 46.3 Å². The van der Waals surface area contributed by atoms with Gasteiger partial charge in [0.15, 0.2) is 5.76 Å². The molecule has 5 rings (SSSR count). The summed E-state index contributed by atoms with van der Waals surface area (Å²) in [6.45, 7) is 13.3. The predicted octanol–water partition coefficient (Wildman–Crippen LogP) is 6.50. The summed E-state index contributed by atoms with van der Waals surface area (Å²) < 4.78 is 0. The summed E-state index contributed by atoms with van der Waals surface area (Å²) in [7, 11) is 0. The van der Waals surface area contributed by atoms with Crippen LogP contribution in [-0.2, 0) is 9.59 Å². The lowest BCUT2D eigenvalue weighted by atomic mass is 9.40. The molecule has 4 nitrogen and oxygen atoms in total. The Morgan fingerprint density at radius 3 is 2.47 bits per heavy atom. The van der Waals surface area contributed by atoms with Crippen molar-refractivity contribution in [2.75, 3.05) is 0 Å². The maximum Gasteiger partial charge on any atom is 0.220 e. The molecular formula is C30H41NO3. The summed E-state index contributed by atoms with van der Waals surface area (Å²) in [5.74, 6) is 0.938. The van der Waals surface area contributed by atoms with Crippen LogP contribution < -0.4 is 5.32 Å². The van der Waals surface area contributed by atoms with Gasteiger partial charge < -0.3 is 10.4 Å². The first kappa shape index (κ1) is 23.6. The van der Waals surface area contributed by atoms with Crippen molar-refractivity contribution in [1.82, 2.24) is 5.32 Å². The minimum atomic E-state index is -0.259. The van der Waals surface area contributed by atoms with E-state index in [1.165, 1.54) is 24.8 Å². The van der Waals surface area contributed by atoms with Crippen LogP contribution >= 0.6 is 0 Å². The second-order valence-electron chi connectivity index (χ2n) is 12.9. The highest BCUT2D eigenvalue weighted by molar-refractivity contribution is 6.06. The fraction of sp³-hybridized carbons (Fsp3) is 0.667. The summed E-state index contributed by atoms with van der Waals surface area (Å²) in [6.07, 6.45) is 14.6. The molecule has 0 spiro atoms. The SMILES string of the molecule is CCC(=O)N[C@]1(C)CC[C@]2(C)CC[C@]3(C)C4=CC=C5C(=CC(=O)C(O)=C5C)[C@]4(C)CCC3[C@@H]2C1. The van der Waals surface area contributed by atoms with Crippen LogP contribution in [0.25, 0.3) is 0 Å². The van der Waals surface area contributed by atoms with Gasteiger partial charge in [-0.05, 0) is 98.7 Å². The highest BCUT2D eigenvalue weighted by atomic mass is 16.3. The minimum Gasteiger partial charge on any atom is -0.504 e. The quantitative estimate of drug-likeness (QED) is 0.491. The molecule has 0 aromatic rings. The van der Waals surface area contributed by atoms with Crippen molar-refractivity contribution in [3.05, 3.63) is 46.3 Å². The van der Waals surface area contributed by atoms with Gasteiger partial charge in [0.1, 0.15) is 0 Å². The van der Waals surface area contributed by atoms with E-state index in [1.54, 1.807) is 6.08 Å². The van der Waals surface area contributed by atoms with Gasteiger partial charge in [-0.15, -0.1) is 0 Å². The number of hydrogen-bond donors (Lipinski definition) is 2. The molecule has 34 heavy (non-hydrogen) atoms. The average Bonchev–Trinajstić information content (AvgIpc) is 2.78. The van der Waals surface area contributed by atoms with Gasteiger partial charge in [-0.3, -0.25) is 9.59 Å². The molecule has 0 heterocycles. The zero-order chi connectivity index (χ0) is 24.7. The van der Waals surface area contributed by atoms with Gasteiger partial charge in [0.05, 0.1) is 0 Å². The number of ketones is 1. The highest BCUT2D eigenvalue weighted by Gasteiger charge is 2.61. The molecule has 0 aromatic heterocycles. The van der Waals surface area contributed by atoms with Crippen molar-refractivity contribution in [2.24, 2.45) is 28.1 Å². The van der Waals surface area contributed by atoms with Gasteiger partial charge in [-0.25, -0.2) is 0 Å². The molecule has 0 aliphatic heterocycles. The first-order valence-corrected chi connectivity index (χ1v) is 13.3.